The lowest BCUT2D eigenvalue weighted by molar-refractivity contribution is -0.110. The van der Waals surface area contributed by atoms with Gasteiger partial charge in [0.15, 0.2) is 5.78 Å². The highest BCUT2D eigenvalue weighted by atomic mass is 35.5. The Bertz CT molecular complexity index is 640. The van der Waals surface area contributed by atoms with Gasteiger partial charge in [-0.05, 0) is 72.5 Å². The van der Waals surface area contributed by atoms with Crippen molar-refractivity contribution in [1.29, 1.82) is 5.41 Å². The predicted octanol–water partition coefficient (Wildman–Crippen LogP) is 3.17. The number of halogens is 1. The van der Waals surface area contributed by atoms with Crippen molar-refractivity contribution in [2.24, 2.45) is 5.25 Å². The van der Waals surface area contributed by atoms with Crippen LogP contribution in [0.2, 0.25) is 0 Å². The first-order chi connectivity index (χ1) is 12.0. The highest BCUT2D eigenvalue weighted by Gasteiger charge is 1.94. The first-order valence-corrected chi connectivity index (χ1v) is 7.40. The van der Waals surface area contributed by atoms with E-state index in [0.29, 0.717) is 17.1 Å². The molecule has 0 spiro atoms. The molecule has 0 saturated heterocycles. The van der Waals surface area contributed by atoms with Gasteiger partial charge in [-0.2, -0.15) is 0 Å². The van der Waals surface area contributed by atoms with Gasteiger partial charge in [0.1, 0.15) is 11.5 Å². The van der Waals surface area contributed by atoms with Gasteiger partial charge in [-0.1, -0.05) is 18.2 Å². The van der Waals surface area contributed by atoms with Gasteiger partial charge in [0, 0.05) is 5.69 Å². The Morgan fingerprint density at radius 2 is 1.20 bits per heavy atom. The Morgan fingerprint density at radius 1 is 0.760 bits per heavy atom. The van der Waals surface area contributed by atoms with E-state index in [9.17, 15) is 4.79 Å². The minimum atomic E-state index is -0.0407. The molecule has 0 amide bonds. The number of nitrogens with one attached hydrogen (secondary N) is 1. The molecule has 6 nitrogen and oxygen atoms in total. The highest BCUT2D eigenvalue weighted by Crippen LogP contribution is 2.09. The van der Waals surface area contributed by atoms with Crippen molar-refractivity contribution in [1.82, 2.24) is 0 Å². The van der Waals surface area contributed by atoms with Crippen molar-refractivity contribution in [2.45, 2.75) is 0 Å². The number of benzene rings is 2. The number of rotatable bonds is 0. The van der Waals surface area contributed by atoms with Crippen molar-refractivity contribution in [2.75, 3.05) is 5.73 Å². The number of aromatic hydroxyl groups is 2. The number of carbonyl (C=O) groups excluding carboxylic acids is 1. The zero-order valence-corrected chi connectivity index (χ0v) is 14.1. The van der Waals surface area contributed by atoms with Crippen LogP contribution in [0.1, 0.15) is 0 Å². The molecule has 0 aromatic heterocycles. The fourth-order valence-electron chi connectivity index (χ4n) is 1.36. The molecule has 2 aromatic rings. The van der Waals surface area contributed by atoms with Crippen molar-refractivity contribution >= 4 is 29.0 Å². The lowest BCUT2D eigenvalue weighted by Crippen LogP contribution is -1.96. The van der Waals surface area contributed by atoms with Gasteiger partial charge in [0.2, 0.25) is 0 Å². The molecular weight excluding hydrogens is 342 g/mol. The summed E-state index contributed by atoms with van der Waals surface area (Å²) in [6.07, 6.45) is 5.70. The summed E-state index contributed by atoms with van der Waals surface area (Å²) in [5.41, 5.74) is 6.36. The summed E-state index contributed by atoms with van der Waals surface area (Å²) in [6.45, 7) is 0. The lowest BCUT2D eigenvalue weighted by atomic mass is 10.2. The third-order valence-electron chi connectivity index (χ3n) is 2.50. The van der Waals surface area contributed by atoms with Crippen molar-refractivity contribution < 1.29 is 15.0 Å². The van der Waals surface area contributed by atoms with Crippen LogP contribution in [-0.4, -0.2) is 21.7 Å². The predicted molar refractivity (Wildman–Crippen MR) is 102 cm³/mol. The fraction of sp³-hybridized carbons (Fsp3) is 0. The summed E-state index contributed by atoms with van der Waals surface area (Å²) in [5, 5.41) is 28.3. The Hall–Kier alpha value is -3.09. The monoisotopic (exact) mass is 361 g/mol. The van der Waals surface area contributed by atoms with E-state index >= 15 is 0 Å². The minimum absolute atomic E-state index is 0.0407. The quantitative estimate of drug-likeness (QED) is 0.213. The number of anilines is 1. The number of hydrogen-bond acceptors (Lipinski definition) is 6. The standard InChI is InChI=1S/C6H7NO.C6H5NO.C6H6O.ClH2N/c2*7-5-1-3-6(8)4-2-5;7-6-4-2-1-3-5-6;1-2/h1-4,8H,7H2;1-4,7H;1-5,7H;2H2. The van der Waals surface area contributed by atoms with Crippen LogP contribution in [-0.2, 0) is 4.79 Å². The SMILES string of the molecule is N=C1C=CC(=O)C=C1.NCl.Nc1ccc(O)cc1.Oc1ccccc1. The lowest BCUT2D eigenvalue weighted by Gasteiger charge is -1.90. The second kappa shape index (κ2) is 13.4. The molecular formula is C18H20ClN3O3. The van der Waals surface area contributed by atoms with E-state index in [4.69, 9.17) is 21.4 Å². The molecule has 1 aliphatic carbocycles. The van der Waals surface area contributed by atoms with Gasteiger partial charge < -0.3 is 21.4 Å². The molecule has 0 radical (unpaired) electrons. The van der Waals surface area contributed by atoms with E-state index < -0.39 is 0 Å². The summed E-state index contributed by atoms with van der Waals surface area (Å²) >= 11 is 4.14. The van der Waals surface area contributed by atoms with Gasteiger partial charge >= 0.3 is 0 Å². The van der Waals surface area contributed by atoms with E-state index in [1.165, 1.54) is 24.3 Å². The number of hydrogen-bond donors (Lipinski definition) is 5. The normalized spacial score (nSPS) is 11.1. The highest BCUT2D eigenvalue weighted by molar-refractivity contribution is 6.15. The number of carbonyl (C=O) groups is 1. The molecule has 0 fully saturated rings. The molecule has 132 valence electrons. The Morgan fingerprint density at radius 3 is 1.52 bits per heavy atom. The molecule has 1 aliphatic rings. The maximum atomic E-state index is 10.3. The van der Waals surface area contributed by atoms with Crippen LogP contribution in [0.4, 0.5) is 5.69 Å². The smallest absolute Gasteiger partial charge is 0.178 e. The summed E-state index contributed by atoms with van der Waals surface area (Å²) < 4.78 is 0. The van der Waals surface area contributed by atoms with E-state index in [0.717, 1.165) is 0 Å². The number of ketones is 1. The second-order valence-electron chi connectivity index (χ2n) is 4.45. The van der Waals surface area contributed by atoms with Gasteiger partial charge in [-0.15, -0.1) is 0 Å². The first kappa shape index (κ1) is 21.9. The molecule has 7 heteroatoms. The van der Waals surface area contributed by atoms with Crippen LogP contribution >= 0.6 is 11.8 Å². The molecule has 0 atom stereocenters. The van der Waals surface area contributed by atoms with Crippen molar-refractivity contribution in [3.05, 3.63) is 78.9 Å². The maximum Gasteiger partial charge on any atom is 0.178 e. The average molecular weight is 362 g/mol. The van der Waals surface area contributed by atoms with Crippen molar-refractivity contribution in [3.8, 4) is 11.5 Å². The first-order valence-electron chi connectivity index (χ1n) is 6.96. The van der Waals surface area contributed by atoms with Crippen LogP contribution in [0.3, 0.4) is 0 Å². The summed E-state index contributed by atoms with van der Waals surface area (Å²) in [6, 6.07) is 15.1. The zero-order valence-electron chi connectivity index (χ0n) is 13.3. The molecule has 3 rings (SSSR count). The molecule has 0 unspecified atom stereocenters. The largest absolute Gasteiger partial charge is 0.508 e. The third kappa shape index (κ3) is 12.1. The number of phenols is 2. The van der Waals surface area contributed by atoms with Gasteiger partial charge in [-0.3, -0.25) is 4.79 Å². The number of nitrogens with two attached hydrogens (primary N) is 2. The molecule has 0 aliphatic heterocycles. The van der Waals surface area contributed by atoms with Gasteiger partial charge in [-0.25, -0.2) is 5.25 Å². The minimum Gasteiger partial charge on any atom is -0.508 e. The topological polar surface area (TPSA) is 133 Å². The number of para-hydroxylation sites is 1. The van der Waals surface area contributed by atoms with Gasteiger partial charge in [0.05, 0.1) is 5.71 Å². The molecule has 25 heavy (non-hydrogen) atoms. The number of nitrogen functional groups attached to an aromatic ring is 1. The summed E-state index contributed by atoms with van der Waals surface area (Å²) in [7, 11) is 0. The van der Waals surface area contributed by atoms with Crippen LogP contribution < -0.4 is 11.0 Å². The zero-order chi connectivity index (χ0) is 19.1. The van der Waals surface area contributed by atoms with Crippen LogP contribution in [0.15, 0.2) is 78.9 Å². The summed E-state index contributed by atoms with van der Waals surface area (Å²) in [4.78, 5) is 10.3. The van der Waals surface area contributed by atoms with Crippen LogP contribution in [0, 0.1) is 5.41 Å². The molecule has 0 bridgehead atoms. The van der Waals surface area contributed by atoms with E-state index in [1.807, 2.05) is 6.07 Å². The summed E-state index contributed by atoms with van der Waals surface area (Å²) in [5.74, 6) is 0.530. The number of phenolic OH excluding ortho intramolecular Hbond substituents is 2. The Balaban J connectivity index is 0.000000330. The van der Waals surface area contributed by atoms with E-state index in [1.54, 1.807) is 48.5 Å². The van der Waals surface area contributed by atoms with Crippen LogP contribution in [0.5, 0.6) is 11.5 Å². The molecule has 0 saturated carbocycles. The maximum absolute atomic E-state index is 10.3. The van der Waals surface area contributed by atoms with Crippen LogP contribution in [0.25, 0.3) is 0 Å². The Kier molecular flexibility index (Phi) is 11.7. The number of allylic oxidation sites excluding steroid dienone is 4. The van der Waals surface area contributed by atoms with E-state index in [-0.39, 0.29) is 11.5 Å². The molecule has 7 N–H and O–H groups in total. The van der Waals surface area contributed by atoms with Crippen molar-refractivity contribution in [3.63, 3.8) is 0 Å². The van der Waals surface area contributed by atoms with Gasteiger partial charge in [0.25, 0.3) is 0 Å². The molecule has 0 heterocycles. The van der Waals surface area contributed by atoms with E-state index in [2.05, 4.69) is 17.0 Å². The fourth-order valence-corrected chi connectivity index (χ4v) is 1.36. The molecule has 2 aromatic carbocycles. The third-order valence-corrected chi connectivity index (χ3v) is 2.50. The second-order valence-corrected chi connectivity index (χ2v) is 4.45. The average Bonchev–Trinajstić information content (AvgIpc) is 2.64. The Labute approximate surface area is 151 Å².